The zero-order chi connectivity index (χ0) is 13.1. The SMILES string of the molecule is Nc1ccccc1C(=O)NC1C=CC(C(=O)O)C1. The number of carboxylic acid groups (broad SMARTS) is 1. The van der Waals surface area contributed by atoms with Crippen molar-refractivity contribution in [1.82, 2.24) is 5.32 Å². The first-order chi connectivity index (χ1) is 8.58. The van der Waals surface area contributed by atoms with Crippen LogP contribution in [0.5, 0.6) is 0 Å². The smallest absolute Gasteiger partial charge is 0.310 e. The first-order valence-corrected chi connectivity index (χ1v) is 5.64. The van der Waals surface area contributed by atoms with Gasteiger partial charge in [0.2, 0.25) is 0 Å². The van der Waals surface area contributed by atoms with E-state index in [2.05, 4.69) is 5.32 Å². The molecule has 94 valence electrons. The molecule has 0 aliphatic heterocycles. The molecule has 2 atom stereocenters. The molecule has 1 aliphatic rings. The van der Waals surface area contributed by atoms with Crippen molar-refractivity contribution in [3.63, 3.8) is 0 Å². The van der Waals surface area contributed by atoms with Crippen LogP contribution in [0, 0.1) is 5.92 Å². The number of hydrogen-bond acceptors (Lipinski definition) is 3. The lowest BCUT2D eigenvalue weighted by Crippen LogP contribution is -2.33. The molecule has 2 rings (SSSR count). The van der Waals surface area contributed by atoms with Gasteiger partial charge in [0.05, 0.1) is 11.5 Å². The van der Waals surface area contributed by atoms with E-state index in [-0.39, 0.29) is 11.9 Å². The third-order valence-electron chi connectivity index (χ3n) is 2.92. The fourth-order valence-electron chi connectivity index (χ4n) is 1.94. The molecule has 2 unspecified atom stereocenters. The van der Waals surface area contributed by atoms with E-state index in [1.807, 2.05) is 0 Å². The molecule has 4 N–H and O–H groups in total. The number of carbonyl (C=O) groups is 2. The number of hydrogen-bond donors (Lipinski definition) is 3. The Labute approximate surface area is 104 Å². The molecule has 1 aliphatic carbocycles. The summed E-state index contributed by atoms with van der Waals surface area (Å²) >= 11 is 0. The second kappa shape index (κ2) is 4.91. The lowest BCUT2D eigenvalue weighted by Gasteiger charge is -2.13. The number of carbonyl (C=O) groups excluding carboxylic acids is 1. The molecular formula is C13H14N2O3. The summed E-state index contributed by atoms with van der Waals surface area (Å²) in [5.74, 6) is -1.68. The predicted octanol–water partition coefficient (Wildman–Crippen LogP) is 1.03. The molecule has 0 heterocycles. The first kappa shape index (κ1) is 12.2. The highest BCUT2D eigenvalue weighted by Crippen LogP contribution is 2.19. The van der Waals surface area contributed by atoms with E-state index in [9.17, 15) is 9.59 Å². The van der Waals surface area contributed by atoms with E-state index in [1.54, 1.807) is 36.4 Å². The number of nitrogens with two attached hydrogens (primary N) is 1. The Morgan fingerprint density at radius 3 is 2.61 bits per heavy atom. The highest BCUT2D eigenvalue weighted by Gasteiger charge is 2.25. The van der Waals surface area contributed by atoms with Gasteiger partial charge in [-0.15, -0.1) is 0 Å². The molecule has 1 aromatic rings. The van der Waals surface area contributed by atoms with Gasteiger partial charge in [-0.2, -0.15) is 0 Å². The summed E-state index contributed by atoms with van der Waals surface area (Å²) in [6.45, 7) is 0. The summed E-state index contributed by atoms with van der Waals surface area (Å²) in [7, 11) is 0. The predicted molar refractivity (Wildman–Crippen MR) is 67.0 cm³/mol. The van der Waals surface area contributed by atoms with Crippen molar-refractivity contribution in [3.8, 4) is 0 Å². The van der Waals surface area contributed by atoms with Crippen molar-refractivity contribution in [3.05, 3.63) is 42.0 Å². The summed E-state index contributed by atoms with van der Waals surface area (Å²) in [5.41, 5.74) is 6.51. The molecule has 1 aromatic carbocycles. The summed E-state index contributed by atoms with van der Waals surface area (Å²) in [6.07, 6.45) is 3.69. The molecule has 5 nitrogen and oxygen atoms in total. The van der Waals surface area contributed by atoms with Gasteiger partial charge in [-0.05, 0) is 18.6 Å². The maximum atomic E-state index is 11.9. The lowest BCUT2D eigenvalue weighted by atomic mass is 10.1. The zero-order valence-electron chi connectivity index (χ0n) is 9.67. The van der Waals surface area contributed by atoms with Gasteiger partial charge in [0, 0.05) is 11.7 Å². The van der Waals surface area contributed by atoms with Crippen molar-refractivity contribution in [2.75, 3.05) is 5.73 Å². The molecular weight excluding hydrogens is 232 g/mol. The van der Waals surface area contributed by atoms with E-state index in [0.717, 1.165) is 0 Å². The van der Waals surface area contributed by atoms with Gasteiger partial charge in [-0.3, -0.25) is 9.59 Å². The van der Waals surface area contributed by atoms with Crippen molar-refractivity contribution in [2.24, 2.45) is 5.92 Å². The highest BCUT2D eigenvalue weighted by atomic mass is 16.4. The average molecular weight is 246 g/mol. The van der Waals surface area contributed by atoms with Gasteiger partial charge in [0.15, 0.2) is 0 Å². The zero-order valence-corrected chi connectivity index (χ0v) is 9.67. The van der Waals surface area contributed by atoms with Crippen LogP contribution in [0.25, 0.3) is 0 Å². The molecule has 0 saturated carbocycles. The molecule has 0 radical (unpaired) electrons. The monoisotopic (exact) mass is 246 g/mol. The van der Waals surface area contributed by atoms with Crippen LogP contribution in [0.15, 0.2) is 36.4 Å². The maximum absolute atomic E-state index is 11.9. The fourth-order valence-corrected chi connectivity index (χ4v) is 1.94. The van der Waals surface area contributed by atoms with Gasteiger partial charge < -0.3 is 16.2 Å². The topological polar surface area (TPSA) is 92.4 Å². The molecule has 0 saturated heterocycles. The Balaban J connectivity index is 2.00. The van der Waals surface area contributed by atoms with E-state index in [4.69, 9.17) is 10.8 Å². The number of aliphatic carboxylic acids is 1. The number of benzene rings is 1. The number of para-hydroxylation sites is 1. The molecule has 0 spiro atoms. The lowest BCUT2D eigenvalue weighted by molar-refractivity contribution is -0.140. The van der Waals surface area contributed by atoms with E-state index >= 15 is 0 Å². The van der Waals surface area contributed by atoms with Crippen LogP contribution in [0.4, 0.5) is 5.69 Å². The number of anilines is 1. The second-order valence-corrected chi connectivity index (χ2v) is 4.23. The van der Waals surface area contributed by atoms with Gasteiger partial charge in [0.1, 0.15) is 0 Å². The third-order valence-corrected chi connectivity index (χ3v) is 2.92. The van der Waals surface area contributed by atoms with Crippen molar-refractivity contribution < 1.29 is 14.7 Å². The van der Waals surface area contributed by atoms with Gasteiger partial charge in [0.25, 0.3) is 5.91 Å². The second-order valence-electron chi connectivity index (χ2n) is 4.23. The van der Waals surface area contributed by atoms with Gasteiger partial charge in [-0.25, -0.2) is 0 Å². The highest BCUT2D eigenvalue weighted by molar-refractivity contribution is 5.99. The van der Waals surface area contributed by atoms with Crippen LogP contribution in [-0.4, -0.2) is 23.0 Å². The number of amides is 1. The Morgan fingerprint density at radius 1 is 1.28 bits per heavy atom. The van der Waals surface area contributed by atoms with Crippen LogP contribution >= 0.6 is 0 Å². The van der Waals surface area contributed by atoms with Gasteiger partial charge >= 0.3 is 5.97 Å². The summed E-state index contributed by atoms with van der Waals surface area (Å²) in [6, 6.07) is 6.52. The van der Waals surface area contributed by atoms with E-state index in [0.29, 0.717) is 17.7 Å². The number of nitrogen functional groups attached to an aromatic ring is 1. The minimum absolute atomic E-state index is 0.252. The summed E-state index contributed by atoms with van der Waals surface area (Å²) in [5, 5.41) is 11.6. The minimum atomic E-state index is -0.873. The quantitative estimate of drug-likeness (QED) is 0.548. The van der Waals surface area contributed by atoms with Crippen LogP contribution in [0.1, 0.15) is 16.8 Å². The molecule has 1 amide bonds. The van der Waals surface area contributed by atoms with E-state index < -0.39 is 11.9 Å². The van der Waals surface area contributed by atoms with E-state index in [1.165, 1.54) is 0 Å². The number of rotatable bonds is 3. The Hall–Kier alpha value is -2.30. The normalized spacial score (nSPS) is 21.8. The molecule has 18 heavy (non-hydrogen) atoms. The third kappa shape index (κ3) is 2.51. The van der Waals surface area contributed by atoms with Gasteiger partial charge in [-0.1, -0.05) is 24.3 Å². The van der Waals surface area contributed by atoms with Crippen LogP contribution < -0.4 is 11.1 Å². The maximum Gasteiger partial charge on any atom is 0.310 e. The molecule has 0 fully saturated rings. The Bertz CT molecular complexity index is 511. The Kier molecular flexibility index (Phi) is 3.32. The van der Waals surface area contributed by atoms with Crippen molar-refractivity contribution in [1.29, 1.82) is 0 Å². The first-order valence-electron chi connectivity index (χ1n) is 5.64. The van der Waals surface area contributed by atoms with Crippen LogP contribution in [-0.2, 0) is 4.79 Å². The van der Waals surface area contributed by atoms with Crippen molar-refractivity contribution in [2.45, 2.75) is 12.5 Å². The number of nitrogens with one attached hydrogen (secondary N) is 1. The standard InChI is InChI=1S/C13H14N2O3/c14-11-4-2-1-3-10(11)12(16)15-9-6-5-8(7-9)13(17)18/h1-6,8-9H,7,14H2,(H,15,16)(H,17,18). The van der Waals surface area contributed by atoms with Crippen LogP contribution in [0.2, 0.25) is 0 Å². The average Bonchev–Trinajstić information content (AvgIpc) is 2.78. The summed E-state index contributed by atoms with van der Waals surface area (Å²) < 4.78 is 0. The Morgan fingerprint density at radius 2 is 2.00 bits per heavy atom. The van der Waals surface area contributed by atoms with Crippen molar-refractivity contribution >= 4 is 17.6 Å². The molecule has 5 heteroatoms. The minimum Gasteiger partial charge on any atom is -0.481 e. The van der Waals surface area contributed by atoms with Crippen LogP contribution in [0.3, 0.4) is 0 Å². The fraction of sp³-hybridized carbons (Fsp3) is 0.231. The molecule has 0 bridgehead atoms. The number of carboxylic acids is 1. The summed E-state index contributed by atoms with van der Waals surface area (Å²) in [4.78, 5) is 22.7. The largest absolute Gasteiger partial charge is 0.481 e. The molecule has 0 aromatic heterocycles.